The zero-order valence-electron chi connectivity index (χ0n) is 9.12. The van der Waals surface area contributed by atoms with Crippen LogP contribution in [-0.2, 0) is 0 Å². The molecule has 0 saturated heterocycles. The van der Waals surface area contributed by atoms with Gasteiger partial charge in [0.15, 0.2) is 0 Å². The number of hydrazine groups is 1. The molecule has 2 heteroatoms. The molecule has 2 aromatic carbocycles. The molecule has 1 unspecified atom stereocenters. The van der Waals surface area contributed by atoms with Crippen LogP contribution >= 0.6 is 0 Å². The highest BCUT2D eigenvalue weighted by Crippen LogP contribution is 2.20. The SMILES string of the molecule is Cc1ccc2cc(C(C)NN)ccc2c1. The van der Waals surface area contributed by atoms with Gasteiger partial charge in [-0.05, 0) is 36.2 Å². The van der Waals surface area contributed by atoms with Gasteiger partial charge in [0.1, 0.15) is 0 Å². The molecule has 78 valence electrons. The first-order valence-electron chi connectivity index (χ1n) is 5.17. The van der Waals surface area contributed by atoms with Crippen molar-refractivity contribution < 1.29 is 0 Å². The van der Waals surface area contributed by atoms with Gasteiger partial charge >= 0.3 is 0 Å². The van der Waals surface area contributed by atoms with Crippen molar-refractivity contribution in [2.75, 3.05) is 0 Å². The molecule has 2 nitrogen and oxygen atoms in total. The fourth-order valence-electron chi connectivity index (χ4n) is 1.75. The van der Waals surface area contributed by atoms with Crippen LogP contribution in [0, 0.1) is 6.92 Å². The Morgan fingerprint density at radius 3 is 2.47 bits per heavy atom. The highest BCUT2D eigenvalue weighted by atomic mass is 15.2. The number of hydrogen-bond acceptors (Lipinski definition) is 2. The summed E-state index contributed by atoms with van der Waals surface area (Å²) in [5.41, 5.74) is 5.27. The van der Waals surface area contributed by atoms with E-state index in [1.54, 1.807) is 0 Å². The molecule has 0 spiro atoms. The quantitative estimate of drug-likeness (QED) is 0.577. The van der Waals surface area contributed by atoms with Crippen molar-refractivity contribution in [3.63, 3.8) is 0 Å². The van der Waals surface area contributed by atoms with Gasteiger partial charge in [-0.15, -0.1) is 0 Å². The maximum absolute atomic E-state index is 5.42. The number of fused-ring (bicyclic) bond motifs is 1. The molecule has 0 bridgehead atoms. The average molecular weight is 200 g/mol. The fourth-order valence-corrected chi connectivity index (χ4v) is 1.75. The standard InChI is InChI=1S/C13H16N2/c1-9-3-4-13-8-11(10(2)15-14)5-6-12(13)7-9/h3-8,10,15H,14H2,1-2H3. The second kappa shape index (κ2) is 4.01. The van der Waals surface area contributed by atoms with Crippen molar-refractivity contribution in [1.29, 1.82) is 0 Å². The van der Waals surface area contributed by atoms with E-state index in [1.807, 2.05) is 0 Å². The normalized spacial score (nSPS) is 13.0. The molecule has 15 heavy (non-hydrogen) atoms. The zero-order valence-corrected chi connectivity index (χ0v) is 9.12. The maximum Gasteiger partial charge on any atom is 0.0432 e. The number of rotatable bonds is 2. The van der Waals surface area contributed by atoms with E-state index in [9.17, 15) is 0 Å². The summed E-state index contributed by atoms with van der Waals surface area (Å²) in [5.74, 6) is 5.42. The van der Waals surface area contributed by atoms with Crippen molar-refractivity contribution in [3.8, 4) is 0 Å². The molecule has 0 amide bonds. The summed E-state index contributed by atoms with van der Waals surface area (Å²) >= 11 is 0. The molecule has 0 radical (unpaired) electrons. The zero-order chi connectivity index (χ0) is 10.8. The Hall–Kier alpha value is -1.38. The van der Waals surface area contributed by atoms with E-state index in [1.165, 1.54) is 21.9 Å². The van der Waals surface area contributed by atoms with Gasteiger partial charge in [-0.2, -0.15) is 0 Å². The van der Waals surface area contributed by atoms with Crippen LogP contribution in [0.5, 0.6) is 0 Å². The van der Waals surface area contributed by atoms with Crippen LogP contribution in [0.25, 0.3) is 10.8 Å². The Balaban J connectivity index is 2.52. The van der Waals surface area contributed by atoms with E-state index in [2.05, 4.69) is 55.7 Å². The number of benzene rings is 2. The lowest BCUT2D eigenvalue weighted by atomic mass is 10.0. The van der Waals surface area contributed by atoms with E-state index in [0.29, 0.717) is 0 Å². The van der Waals surface area contributed by atoms with Gasteiger partial charge in [-0.1, -0.05) is 35.9 Å². The Labute approximate surface area is 90.1 Å². The molecule has 2 rings (SSSR count). The van der Waals surface area contributed by atoms with Crippen LogP contribution in [-0.4, -0.2) is 0 Å². The summed E-state index contributed by atoms with van der Waals surface area (Å²) in [5, 5.41) is 2.54. The van der Waals surface area contributed by atoms with Gasteiger partial charge in [0.05, 0.1) is 0 Å². The summed E-state index contributed by atoms with van der Waals surface area (Å²) in [6.45, 7) is 4.16. The van der Waals surface area contributed by atoms with Crippen LogP contribution in [0.4, 0.5) is 0 Å². The molecular formula is C13H16N2. The summed E-state index contributed by atoms with van der Waals surface area (Å²) in [7, 11) is 0. The smallest absolute Gasteiger partial charge is 0.0432 e. The molecule has 3 N–H and O–H groups in total. The van der Waals surface area contributed by atoms with Crippen LogP contribution in [0.2, 0.25) is 0 Å². The van der Waals surface area contributed by atoms with E-state index < -0.39 is 0 Å². The van der Waals surface area contributed by atoms with Gasteiger partial charge in [0, 0.05) is 6.04 Å². The maximum atomic E-state index is 5.42. The third kappa shape index (κ3) is 2.01. The van der Waals surface area contributed by atoms with Gasteiger partial charge in [0.25, 0.3) is 0 Å². The lowest BCUT2D eigenvalue weighted by Crippen LogP contribution is -2.25. The van der Waals surface area contributed by atoms with Crippen LogP contribution in [0.3, 0.4) is 0 Å². The minimum absolute atomic E-state index is 0.190. The van der Waals surface area contributed by atoms with E-state index in [4.69, 9.17) is 5.84 Å². The molecule has 0 aliphatic heterocycles. The number of hydrogen-bond donors (Lipinski definition) is 2. The predicted octanol–water partition coefficient (Wildman–Crippen LogP) is 2.67. The number of aryl methyl sites for hydroxylation is 1. The first-order valence-corrected chi connectivity index (χ1v) is 5.17. The van der Waals surface area contributed by atoms with Crippen molar-refractivity contribution in [2.45, 2.75) is 19.9 Å². The van der Waals surface area contributed by atoms with Gasteiger partial charge < -0.3 is 0 Å². The Bertz CT molecular complexity index is 477. The van der Waals surface area contributed by atoms with E-state index in [-0.39, 0.29) is 6.04 Å². The molecule has 2 aromatic rings. The van der Waals surface area contributed by atoms with Gasteiger partial charge in [-0.25, -0.2) is 0 Å². The summed E-state index contributed by atoms with van der Waals surface area (Å²) < 4.78 is 0. The van der Waals surface area contributed by atoms with Crippen LogP contribution in [0.15, 0.2) is 36.4 Å². The summed E-state index contributed by atoms with van der Waals surface area (Å²) in [6.07, 6.45) is 0. The fraction of sp³-hybridized carbons (Fsp3) is 0.231. The largest absolute Gasteiger partial charge is 0.271 e. The molecule has 0 heterocycles. The summed E-state index contributed by atoms with van der Waals surface area (Å²) in [6, 6.07) is 13.1. The first-order chi connectivity index (χ1) is 7.20. The second-order valence-electron chi connectivity index (χ2n) is 4.00. The molecule has 0 fully saturated rings. The Morgan fingerprint density at radius 2 is 1.73 bits per heavy atom. The third-order valence-electron chi connectivity index (χ3n) is 2.77. The predicted molar refractivity (Wildman–Crippen MR) is 64.4 cm³/mol. The molecule has 0 saturated carbocycles. The number of nitrogens with one attached hydrogen (secondary N) is 1. The lowest BCUT2D eigenvalue weighted by Gasteiger charge is -2.11. The van der Waals surface area contributed by atoms with Gasteiger partial charge in [0.2, 0.25) is 0 Å². The topological polar surface area (TPSA) is 38.0 Å². The van der Waals surface area contributed by atoms with Crippen LogP contribution in [0.1, 0.15) is 24.1 Å². The summed E-state index contributed by atoms with van der Waals surface area (Å²) in [4.78, 5) is 0. The highest BCUT2D eigenvalue weighted by molar-refractivity contribution is 5.83. The minimum atomic E-state index is 0.190. The molecule has 0 aliphatic carbocycles. The van der Waals surface area contributed by atoms with Crippen molar-refractivity contribution in [3.05, 3.63) is 47.5 Å². The third-order valence-corrected chi connectivity index (χ3v) is 2.77. The van der Waals surface area contributed by atoms with Crippen molar-refractivity contribution in [1.82, 2.24) is 5.43 Å². The van der Waals surface area contributed by atoms with E-state index in [0.717, 1.165) is 0 Å². The highest BCUT2D eigenvalue weighted by Gasteiger charge is 2.03. The molecule has 1 atom stereocenters. The van der Waals surface area contributed by atoms with Crippen LogP contribution < -0.4 is 11.3 Å². The Kier molecular flexibility index (Phi) is 2.71. The monoisotopic (exact) mass is 200 g/mol. The Morgan fingerprint density at radius 1 is 1.07 bits per heavy atom. The van der Waals surface area contributed by atoms with Gasteiger partial charge in [-0.3, -0.25) is 11.3 Å². The van der Waals surface area contributed by atoms with Crippen molar-refractivity contribution in [2.24, 2.45) is 5.84 Å². The van der Waals surface area contributed by atoms with Crippen molar-refractivity contribution >= 4 is 10.8 Å². The molecule has 0 aliphatic rings. The minimum Gasteiger partial charge on any atom is -0.271 e. The second-order valence-corrected chi connectivity index (χ2v) is 4.00. The molecular weight excluding hydrogens is 184 g/mol. The molecule has 0 aromatic heterocycles. The van der Waals surface area contributed by atoms with E-state index >= 15 is 0 Å². The lowest BCUT2D eigenvalue weighted by molar-refractivity contribution is 0.603. The first kappa shape index (κ1) is 10.1. The average Bonchev–Trinajstić information content (AvgIpc) is 2.27. The number of nitrogens with two attached hydrogens (primary N) is 1.